The minimum atomic E-state index is -0.403. The largest absolute Gasteiger partial charge is 0.397 e. The summed E-state index contributed by atoms with van der Waals surface area (Å²) in [7, 11) is 2.05. The van der Waals surface area contributed by atoms with Gasteiger partial charge in [-0.25, -0.2) is 4.39 Å². The molecule has 0 atom stereocenters. The van der Waals surface area contributed by atoms with Crippen molar-refractivity contribution in [3.05, 3.63) is 24.0 Å². The van der Waals surface area contributed by atoms with E-state index >= 15 is 0 Å². The van der Waals surface area contributed by atoms with Gasteiger partial charge in [-0.2, -0.15) is 0 Å². The zero-order valence-electron chi connectivity index (χ0n) is 11.2. The maximum absolute atomic E-state index is 12.9. The molecule has 1 aromatic carbocycles. The lowest BCUT2D eigenvalue weighted by molar-refractivity contribution is -0.116. The van der Waals surface area contributed by atoms with Gasteiger partial charge in [0.1, 0.15) is 5.82 Å². The Bertz CT molecular complexity index is 460. The molecule has 1 aromatic rings. The number of hydrogen-bond donors (Lipinski definition) is 2. The maximum Gasteiger partial charge on any atom is 0.225 e. The summed E-state index contributed by atoms with van der Waals surface area (Å²) in [6.45, 7) is 0.734. The molecule has 0 heterocycles. The lowest BCUT2D eigenvalue weighted by Gasteiger charge is -2.34. The smallest absolute Gasteiger partial charge is 0.225 e. The first-order valence-electron chi connectivity index (χ1n) is 6.61. The Balaban J connectivity index is 1.80. The lowest BCUT2D eigenvalue weighted by atomic mass is 9.92. The number of hydrogen-bond acceptors (Lipinski definition) is 3. The summed E-state index contributed by atoms with van der Waals surface area (Å²) in [5.74, 6) is -0.496. The first-order chi connectivity index (χ1) is 9.06. The van der Waals surface area contributed by atoms with Crippen molar-refractivity contribution in [1.82, 2.24) is 4.90 Å². The third kappa shape index (κ3) is 3.67. The van der Waals surface area contributed by atoms with E-state index in [-0.39, 0.29) is 11.6 Å². The van der Waals surface area contributed by atoms with Crippen molar-refractivity contribution >= 4 is 17.3 Å². The molecule has 1 aliphatic rings. The second kappa shape index (κ2) is 6.02. The predicted molar refractivity (Wildman–Crippen MR) is 74.3 cm³/mol. The van der Waals surface area contributed by atoms with Crippen LogP contribution in [-0.2, 0) is 4.79 Å². The fourth-order valence-electron chi connectivity index (χ4n) is 2.15. The van der Waals surface area contributed by atoms with Gasteiger partial charge in [0, 0.05) is 19.0 Å². The van der Waals surface area contributed by atoms with Gasteiger partial charge in [-0.15, -0.1) is 0 Å². The normalized spacial score (nSPS) is 15.3. The number of halogens is 1. The second-order valence-electron chi connectivity index (χ2n) is 5.10. The fraction of sp³-hybridized carbons (Fsp3) is 0.500. The number of benzene rings is 1. The molecule has 0 aromatic heterocycles. The van der Waals surface area contributed by atoms with Crippen LogP contribution in [0.1, 0.15) is 25.7 Å². The molecule has 2 rings (SSSR count). The van der Waals surface area contributed by atoms with Crippen LogP contribution in [0.4, 0.5) is 15.8 Å². The van der Waals surface area contributed by atoms with E-state index in [4.69, 9.17) is 5.73 Å². The van der Waals surface area contributed by atoms with Gasteiger partial charge in [0.2, 0.25) is 5.91 Å². The number of nitrogens with one attached hydrogen (secondary N) is 1. The summed E-state index contributed by atoms with van der Waals surface area (Å²) in [6.07, 6.45) is 4.16. The van der Waals surface area contributed by atoms with E-state index in [1.54, 1.807) is 0 Å². The molecule has 0 saturated heterocycles. The third-order valence-electron chi connectivity index (χ3n) is 3.68. The number of carbonyl (C=O) groups is 1. The van der Waals surface area contributed by atoms with Gasteiger partial charge in [0.25, 0.3) is 0 Å². The van der Waals surface area contributed by atoms with Gasteiger partial charge in [-0.1, -0.05) is 6.42 Å². The van der Waals surface area contributed by atoms with Crippen molar-refractivity contribution in [3.8, 4) is 0 Å². The number of rotatable bonds is 5. The van der Waals surface area contributed by atoms with Crippen molar-refractivity contribution in [2.45, 2.75) is 31.7 Å². The van der Waals surface area contributed by atoms with E-state index in [9.17, 15) is 9.18 Å². The number of nitrogens with zero attached hydrogens (tertiary/aromatic N) is 1. The highest BCUT2D eigenvalue weighted by atomic mass is 19.1. The molecule has 1 aliphatic carbocycles. The monoisotopic (exact) mass is 265 g/mol. The molecule has 1 amide bonds. The van der Waals surface area contributed by atoms with E-state index < -0.39 is 5.82 Å². The molecule has 0 unspecified atom stereocenters. The molecule has 3 N–H and O–H groups in total. The number of anilines is 2. The van der Waals surface area contributed by atoms with E-state index in [0.717, 1.165) is 6.54 Å². The maximum atomic E-state index is 12.9. The lowest BCUT2D eigenvalue weighted by Crippen LogP contribution is -2.38. The Morgan fingerprint density at radius 1 is 1.53 bits per heavy atom. The highest BCUT2D eigenvalue weighted by Crippen LogP contribution is 2.23. The quantitative estimate of drug-likeness (QED) is 0.803. The Hall–Kier alpha value is -1.62. The molecule has 0 bridgehead atoms. The minimum Gasteiger partial charge on any atom is -0.397 e. The SMILES string of the molecule is CN(CCC(=O)Nc1ccc(F)cc1N)C1CCC1. The van der Waals surface area contributed by atoms with Gasteiger partial charge in [-0.3, -0.25) is 4.79 Å². The molecule has 19 heavy (non-hydrogen) atoms. The van der Waals surface area contributed by atoms with Crippen molar-refractivity contribution < 1.29 is 9.18 Å². The molecule has 0 aliphatic heterocycles. The zero-order valence-corrected chi connectivity index (χ0v) is 11.2. The molecular weight excluding hydrogens is 245 g/mol. The number of amides is 1. The highest BCUT2D eigenvalue weighted by Gasteiger charge is 2.22. The van der Waals surface area contributed by atoms with Gasteiger partial charge < -0.3 is 16.0 Å². The zero-order chi connectivity index (χ0) is 13.8. The highest BCUT2D eigenvalue weighted by molar-refractivity contribution is 5.93. The van der Waals surface area contributed by atoms with E-state index in [1.807, 2.05) is 7.05 Å². The average Bonchev–Trinajstić information content (AvgIpc) is 2.28. The van der Waals surface area contributed by atoms with Gasteiger partial charge in [-0.05, 0) is 38.1 Å². The second-order valence-corrected chi connectivity index (χ2v) is 5.10. The van der Waals surface area contributed by atoms with Crippen LogP contribution in [0.3, 0.4) is 0 Å². The van der Waals surface area contributed by atoms with Crippen LogP contribution in [0.25, 0.3) is 0 Å². The first kappa shape index (κ1) is 13.8. The first-order valence-corrected chi connectivity index (χ1v) is 6.61. The Morgan fingerprint density at radius 2 is 2.26 bits per heavy atom. The van der Waals surface area contributed by atoms with Gasteiger partial charge in [0.05, 0.1) is 11.4 Å². The third-order valence-corrected chi connectivity index (χ3v) is 3.68. The molecule has 4 nitrogen and oxygen atoms in total. The summed E-state index contributed by atoms with van der Waals surface area (Å²) in [5.41, 5.74) is 6.36. The summed E-state index contributed by atoms with van der Waals surface area (Å²) in [6, 6.07) is 4.60. The summed E-state index contributed by atoms with van der Waals surface area (Å²) in [4.78, 5) is 14.0. The van der Waals surface area contributed by atoms with Crippen molar-refractivity contribution in [1.29, 1.82) is 0 Å². The van der Waals surface area contributed by atoms with Crippen LogP contribution in [0.5, 0.6) is 0 Å². The molecule has 1 fully saturated rings. The van der Waals surface area contributed by atoms with Crippen LogP contribution in [0.15, 0.2) is 18.2 Å². The van der Waals surface area contributed by atoms with Crippen molar-refractivity contribution in [3.63, 3.8) is 0 Å². The Morgan fingerprint density at radius 3 is 2.84 bits per heavy atom. The van der Waals surface area contributed by atoms with Crippen molar-refractivity contribution in [2.75, 3.05) is 24.6 Å². The standard InChI is InChI=1S/C14H20FN3O/c1-18(11-3-2-4-11)8-7-14(19)17-13-6-5-10(15)9-12(13)16/h5-6,9,11H,2-4,7-8,16H2,1H3,(H,17,19). The summed E-state index contributed by atoms with van der Waals surface area (Å²) < 4.78 is 12.9. The van der Waals surface area contributed by atoms with Crippen LogP contribution >= 0.6 is 0 Å². The van der Waals surface area contributed by atoms with Gasteiger partial charge in [0.15, 0.2) is 0 Å². The molecule has 5 heteroatoms. The predicted octanol–water partition coefficient (Wildman–Crippen LogP) is 2.22. The Labute approximate surface area is 112 Å². The number of nitrogens with two attached hydrogens (primary N) is 1. The molecule has 1 saturated carbocycles. The van der Waals surface area contributed by atoms with E-state index in [2.05, 4.69) is 10.2 Å². The Kier molecular flexibility index (Phi) is 4.37. The van der Waals surface area contributed by atoms with E-state index in [1.165, 1.54) is 37.5 Å². The summed E-state index contributed by atoms with van der Waals surface area (Å²) in [5, 5.41) is 2.71. The minimum absolute atomic E-state index is 0.0931. The number of carbonyl (C=O) groups excluding carboxylic acids is 1. The van der Waals surface area contributed by atoms with Crippen LogP contribution in [0, 0.1) is 5.82 Å². The number of nitrogen functional groups attached to an aromatic ring is 1. The molecule has 104 valence electrons. The van der Waals surface area contributed by atoms with Gasteiger partial charge >= 0.3 is 0 Å². The molecule has 0 spiro atoms. The average molecular weight is 265 g/mol. The molecular formula is C14H20FN3O. The van der Waals surface area contributed by atoms with Crippen LogP contribution < -0.4 is 11.1 Å². The molecule has 0 radical (unpaired) electrons. The van der Waals surface area contributed by atoms with Crippen LogP contribution in [0.2, 0.25) is 0 Å². The van der Waals surface area contributed by atoms with Crippen molar-refractivity contribution in [2.24, 2.45) is 0 Å². The fourth-order valence-corrected chi connectivity index (χ4v) is 2.15. The van der Waals surface area contributed by atoms with E-state index in [0.29, 0.717) is 18.2 Å². The topological polar surface area (TPSA) is 58.4 Å². The summed E-state index contributed by atoms with van der Waals surface area (Å²) >= 11 is 0. The van der Waals surface area contributed by atoms with Crippen LogP contribution in [-0.4, -0.2) is 30.4 Å².